The molecule has 0 amide bonds. The Balaban J connectivity index is 1.07. The number of para-hydroxylation sites is 4. The van der Waals surface area contributed by atoms with E-state index in [9.17, 15) is 9.59 Å². The molecule has 0 saturated heterocycles. The van der Waals surface area contributed by atoms with Crippen molar-refractivity contribution in [2.45, 2.75) is 0 Å². The largest absolute Gasteiger partial charge is 0.309 e. The molecule has 6 aromatic carbocycles. The number of ketones is 2. The standard InChI is InChI=1S/C43H27N3O2/c47-42(28-12-9-14-30(26-28)45-38-22-5-1-16-32(38)33-17-2-6-23-39(33)45)36-20-11-21-37(44-36)43(48)29-13-10-15-31(27-29)46-40-24-7-3-18-34(40)35-19-4-8-25-41(35)46/h1-27H. The number of carbonyl (C=O) groups is 2. The zero-order chi connectivity index (χ0) is 32.2. The molecule has 0 aliphatic heterocycles. The van der Waals surface area contributed by atoms with Crippen LogP contribution in [0.25, 0.3) is 55.0 Å². The van der Waals surface area contributed by atoms with Gasteiger partial charge in [0.15, 0.2) is 0 Å². The number of aromatic nitrogens is 3. The van der Waals surface area contributed by atoms with Gasteiger partial charge < -0.3 is 9.13 Å². The van der Waals surface area contributed by atoms with Gasteiger partial charge in [-0.2, -0.15) is 0 Å². The second-order valence-electron chi connectivity index (χ2n) is 11.9. The minimum atomic E-state index is -0.244. The second kappa shape index (κ2) is 11.0. The zero-order valence-electron chi connectivity index (χ0n) is 25.7. The first-order valence-corrected chi connectivity index (χ1v) is 15.9. The van der Waals surface area contributed by atoms with Crippen LogP contribution < -0.4 is 0 Å². The molecule has 0 aliphatic rings. The predicted octanol–water partition coefficient (Wildman–Crippen LogP) is 9.74. The molecule has 0 unspecified atom stereocenters. The maximum atomic E-state index is 13.9. The second-order valence-corrected chi connectivity index (χ2v) is 11.9. The average Bonchev–Trinajstić information content (AvgIpc) is 3.68. The number of hydrogen-bond donors (Lipinski definition) is 0. The smallest absolute Gasteiger partial charge is 0.211 e. The number of rotatable bonds is 6. The van der Waals surface area contributed by atoms with Gasteiger partial charge in [-0.15, -0.1) is 0 Å². The van der Waals surface area contributed by atoms with E-state index in [0.29, 0.717) is 11.1 Å². The number of fused-ring (bicyclic) bond motifs is 6. The van der Waals surface area contributed by atoms with Crippen molar-refractivity contribution < 1.29 is 9.59 Å². The molecule has 5 heteroatoms. The summed E-state index contributed by atoms with van der Waals surface area (Å²) in [5, 5.41) is 4.61. The third-order valence-corrected chi connectivity index (χ3v) is 9.11. The van der Waals surface area contributed by atoms with Gasteiger partial charge in [-0.3, -0.25) is 9.59 Å². The predicted molar refractivity (Wildman–Crippen MR) is 193 cm³/mol. The van der Waals surface area contributed by atoms with Gasteiger partial charge in [-0.25, -0.2) is 4.98 Å². The van der Waals surface area contributed by atoms with Gasteiger partial charge in [-0.1, -0.05) is 103 Å². The SMILES string of the molecule is O=C(c1cccc(-n2c3ccccc3c3ccccc32)c1)c1cccc(C(=O)c2cccc(-n3c4ccccc4c4ccccc43)c2)n1. The molecule has 9 aromatic rings. The molecule has 0 spiro atoms. The van der Waals surface area contributed by atoms with E-state index in [0.717, 1.165) is 55.0 Å². The highest BCUT2D eigenvalue weighted by Crippen LogP contribution is 2.33. The third-order valence-electron chi connectivity index (χ3n) is 9.11. The van der Waals surface area contributed by atoms with Crippen LogP contribution in [-0.2, 0) is 0 Å². The van der Waals surface area contributed by atoms with Crippen LogP contribution in [0.3, 0.4) is 0 Å². The number of carbonyl (C=O) groups excluding carboxylic acids is 2. The molecule has 3 aromatic heterocycles. The summed E-state index contributed by atoms with van der Waals surface area (Å²) < 4.78 is 4.36. The van der Waals surface area contributed by atoms with Gasteiger partial charge >= 0.3 is 0 Å². The van der Waals surface area contributed by atoms with Crippen LogP contribution in [0.4, 0.5) is 0 Å². The van der Waals surface area contributed by atoms with Crippen molar-refractivity contribution in [1.29, 1.82) is 0 Å². The Kier molecular flexibility index (Phi) is 6.37. The van der Waals surface area contributed by atoms with E-state index < -0.39 is 0 Å². The molecule has 0 bridgehead atoms. The highest BCUT2D eigenvalue weighted by atomic mass is 16.1. The summed E-state index contributed by atoms with van der Waals surface area (Å²) in [6.07, 6.45) is 0. The quantitative estimate of drug-likeness (QED) is 0.175. The van der Waals surface area contributed by atoms with Gasteiger partial charge in [0.05, 0.1) is 22.1 Å². The molecule has 5 nitrogen and oxygen atoms in total. The number of benzene rings is 6. The Morgan fingerprint density at radius 1 is 0.375 bits per heavy atom. The van der Waals surface area contributed by atoms with E-state index >= 15 is 0 Å². The van der Waals surface area contributed by atoms with Gasteiger partial charge in [0.2, 0.25) is 11.6 Å². The highest BCUT2D eigenvalue weighted by molar-refractivity contribution is 6.13. The van der Waals surface area contributed by atoms with Crippen molar-refractivity contribution in [1.82, 2.24) is 14.1 Å². The third kappa shape index (κ3) is 4.37. The van der Waals surface area contributed by atoms with Crippen molar-refractivity contribution in [2.75, 3.05) is 0 Å². The minimum Gasteiger partial charge on any atom is -0.309 e. The molecule has 3 heterocycles. The summed E-state index contributed by atoms with van der Waals surface area (Å²) in [5.74, 6) is -0.488. The van der Waals surface area contributed by atoms with E-state index in [1.54, 1.807) is 30.3 Å². The molecule has 0 fully saturated rings. The van der Waals surface area contributed by atoms with Crippen LogP contribution in [0.1, 0.15) is 32.1 Å². The van der Waals surface area contributed by atoms with E-state index in [1.165, 1.54) is 0 Å². The summed E-state index contributed by atoms with van der Waals surface area (Å²) in [6.45, 7) is 0. The molecular formula is C43H27N3O2. The molecule has 0 aliphatic carbocycles. The summed E-state index contributed by atoms with van der Waals surface area (Å²) in [4.78, 5) is 32.4. The Hall–Kier alpha value is -6.59. The van der Waals surface area contributed by atoms with Crippen molar-refractivity contribution >= 4 is 55.2 Å². The molecular weight excluding hydrogens is 590 g/mol. The van der Waals surface area contributed by atoms with Gasteiger partial charge in [0, 0.05) is 44.0 Å². The van der Waals surface area contributed by atoms with Crippen molar-refractivity contribution in [3.8, 4) is 11.4 Å². The van der Waals surface area contributed by atoms with Crippen LogP contribution in [0.15, 0.2) is 164 Å². The summed E-state index contributed by atoms with van der Waals surface area (Å²) in [5.41, 5.74) is 7.47. The van der Waals surface area contributed by atoms with E-state index in [2.05, 4.69) is 62.6 Å². The Bertz CT molecular complexity index is 2440. The summed E-state index contributed by atoms with van der Waals surface area (Å²) >= 11 is 0. The lowest BCUT2D eigenvalue weighted by atomic mass is 10.0. The van der Waals surface area contributed by atoms with Gasteiger partial charge in [0.1, 0.15) is 11.4 Å². The van der Waals surface area contributed by atoms with Crippen LogP contribution in [0, 0.1) is 0 Å². The first kappa shape index (κ1) is 27.7. The molecule has 0 N–H and O–H groups in total. The molecule has 0 saturated carbocycles. The fraction of sp³-hybridized carbons (Fsp3) is 0. The fourth-order valence-electron chi connectivity index (χ4n) is 6.96. The molecule has 226 valence electrons. The van der Waals surface area contributed by atoms with Crippen molar-refractivity contribution in [3.63, 3.8) is 0 Å². The Labute approximate surface area is 275 Å². The molecule has 0 radical (unpaired) electrons. The molecule has 48 heavy (non-hydrogen) atoms. The van der Waals surface area contributed by atoms with Crippen molar-refractivity contribution in [2.24, 2.45) is 0 Å². The maximum absolute atomic E-state index is 13.9. The summed E-state index contributed by atoms with van der Waals surface area (Å²) in [6, 6.07) is 53.4. The van der Waals surface area contributed by atoms with Gasteiger partial charge in [0.25, 0.3) is 0 Å². The first-order valence-electron chi connectivity index (χ1n) is 15.9. The van der Waals surface area contributed by atoms with Crippen molar-refractivity contribution in [3.05, 3.63) is 186 Å². The van der Waals surface area contributed by atoms with Crippen LogP contribution in [-0.4, -0.2) is 25.7 Å². The minimum absolute atomic E-state index is 0.221. The van der Waals surface area contributed by atoms with Crippen LogP contribution in [0.2, 0.25) is 0 Å². The topological polar surface area (TPSA) is 56.9 Å². The van der Waals surface area contributed by atoms with Crippen LogP contribution in [0.5, 0.6) is 0 Å². The lowest BCUT2D eigenvalue weighted by Crippen LogP contribution is -2.10. The Morgan fingerprint density at radius 3 is 1.08 bits per heavy atom. The van der Waals surface area contributed by atoms with Gasteiger partial charge in [-0.05, 0) is 60.7 Å². The number of nitrogens with zero attached hydrogens (tertiary/aromatic N) is 3. The Morgan fingerprint density at radius 2 is 0.708 bits per heavy atom. The fourth-order valence-corrected chi connectivity index (χ4v) is 6.96. The lowest BCUT2D eigenvalue weighted by Gasteiger charge is -2.11. The average molecular weight is 618 g/mol. The molecule has 0 atom stereocenters. The lowest BCUT2D eigenvalue weighted by molar-refractivity contribution is 0.103. The normalized spacial score (nSPS) is 11.5. The number of pyridine rings is 1. The number of hydrogen-bond acceptors (Lipinski definition) is 3. The van der Waals surface area contributed by atoms with E-state index in [-0.39, 0.29) is 23.0 Å². The van der Waals surface area contributed by atoms with E-state index in [4.69, 9.17) is 0 Å². The monoisotopic (exact) mass is 617 g/mol. The first-order chi connectivity index (χ1) is 23.7. The van der Waals surface area contributed by atoms with Crippen LogP contribution >= 0.6 is 0 Å². The van der Waals surface area contributed by atoms with E-state index in [1.807, 2.05) is 84.9 Å². The summed E-state index contributed by atoms with van der Waals surface area (Å²) in [7, 11) is 0. The highest BCUT2D eigenvalue weighted by Gasteiger charge is 2.19. The zero-order valence-corrected chi connectivity index (χ0v) is 25.7. The molecule has 9 rings (SSSR count). The maximum Gasteiger partial charge on any atom is 0.211 e.